The second-order valence-corrected chi connectivity index (χ2v) is 6.97. The SMILES string of the molecule is COc1ccc2c(=O)c3ccc(Cl)cc3oc2c1CN1CCCCC1. The van der Waals surface area contributed by atoms with Crippen molar-refractivity contribution in [1.29, 1.82) is 0 Å². The van der Waals surface area contributed by atoms with Gasteiger partial charge in [0.25, 0.3) is 0 Å². The standard InChI is InChI=1S/C20H20ClNO3/c1-24-17-8-7-15-19(23)14-6-5-13(21)11-18(14)25-20(15)16(17)12-22-9-3-2-4-10-22/h5-8,11H,2-4,9-10,12H2,1H3. The molecule has 3 aromatic rings. The molecular formula is C20H20ClNO3. The second kappa shape index (κ2) is 6.70. The van der Waals surface area contributed by atoms with Gasteiger partial charge >= 0.3 is 0 Å². The minimum absolute atomic E-state index is 0.0320. The summed E-state index contributed by atoms with van der Waals surface area (Å²) in [5, 5.41) is 1.68. The number of benzene rings is 2. The van der Waals surface area contributed by atoms with Gasteiger partial charge in [-0.3, -0.25) is 9.69 Å². The number of methoxy groups -OCH3 is 1. The maximum absolute atomic E-state index is 12.9. The van der Waals surface area contributed by atoms with Crippen molar-refractivity contribution in [1.82, 2.24) is 4.90 Å². The van der Waals surface area contributed by atoms with Gasteiger partial charge in [0.1, 0.15) is 16.9 Å². The number of rotatable bonds is 3. The molecule has 0 radical (unpaired) electrons. The predicted octanol–water partition coefficient (Wildman–Crippen LogP) is 4.59. The van der Waals surface area contributed by atoms with Crippen LogP contribution in [0.1, 0.15) is 24.8 Å². The van der Waals surface area contributed by atoms with Crippen molar-refractivity contribution in [2.24, 2.45) is 0 Å². The Labute approximate surface area is 150 Å². The zero-order chi connectivity index (χ0) is 17.4. The molecular weight excluding hydrogens is 338 g/mol. The van der Waals surface area contributed by atoms with Crippen LogP contribution in [0.2, 0.25) is 5.02 Å². The normalized spacial score (nSPS) is 15.8. The molecule has 5 heteroatoms. The fourth-order valence-electron chi connectivity index (χ4n) is 3.61. The van der Waals surface area contributed by atoms with E-state index in [1.54, 1.807) is 31.4 Å². The zero-order valence-corrected chi connectivity index (χ0v) is 14.9. The number of ether oxygens (including phenoxy) is 1. The molecule has 2 aromatic carbocycles. The van der Waals surface area contributed by atoms with Crippen molar-refractivity contribution in [3.05, 3.63) is 51.1 Å². The molecule has 0 amide bonds. The fourth-order valence-corrected chi connectivity index (χ4v) is 3.77. The van der Waals surface area contributed by atoms with Crippen LogP contribution in [0.25, 0.3) is 21.9 Å². The van der Waals surface area contributed by atoms with Gasteiger partial charge in [-0.05, 0) is 50.2 Å². The molecule has 4 rings (SSSR count). The van der Waals surface area contributed by atoms with E-state index in [9.17, 15) is 4.79 Å². The van der Waals surface area contributed by atoms with Crippen LogP contribution in [0.5, 0.6) is 5.75 Å². The summed E-state index contributed by atoms with van der Waals surface area (Å²) in [6.07, 6.45) is 3.69. The highest BCUT2D eigenvalue weighted by molar-refractivity contribution is 6.31. The summed E-state index contributed by atoms with van der Waals surface area (Å²) in [4.78, 5) is 15.3. The molecule has 1 fully saturated rings. The van der Waals surface area contributed by atoms with Gasteiger partial charge in [0.15, 0.2) is 0 Å². The molecule has 1 aromatic heterocycles. The van der Waals surface area contributed by atoms with E-state index in [-0.39, 0.29) is 5.43 Å². The van der Waals surface area contributed by atoms with E-state index in [0.717, 1.165) is 30.9 Å². The average Bonchev–Trinajstić information content (AvgIpc) is 2.63. The number of likely N-dealkylation sites (tertiary alicyclic amines) is 1. The quantitative estimate of drug-likeness (QED) is 0.643. The van der Waals surface area contributed by atoms with Gasteiger partial charge in [-0.1, -0.05) is 18.0 Å². The van der Waals surface area contributed by atoms with E-state index in [1.807, 2.05) is 6.07 Å². The Morgan fingerprint density at radius 2 is 1.88 bits per heavy atom. The highest BCUT2D eigenvalue weighted by Crippen LogP contribution is 2.31. The molecule has 1 aliphatic rings. The van der Waals surface area contributed by atoms with E-state index in [0.29, 0.717) is 27.0 Å². The Balaban J connectivity index is 1.94. The predicted molar refractivity (Wildman–Crippen MR) is 101 cm³/mol. The number of hydrogen-bond acceptors (Lipinski definition) is 4. The average molecular weight is 358 g/mol. The zero-order valence-electron chi connectivity index (χ0n) is 14.2. The third-order valence-electron chi connectivity index (χ3n) is 4.91. The largest absolute Gasteiger partial charge is 0.496 e. The van der Waals surface area contributed by atoms with Crippen molar-refractivity contribution in [2.45, 2.75) is 25.8 Å². The number of hydrogen-bond donors (Lipinski definition) is 0. The molecule has 0 spiro atoms. The third-order valence-corrected chi connectivity index (χ3v) is 5.15. The summed E-state index contributed by atoms with van der Waals surface area (Å²) < 4.78 is 11.7. The fraction of sp³-hybridized carbons (Fsp3) is 0.350. The lowest BCUT2D eigenvalue weighted by Crippen LogP contribution is -2.29. The maximum atomic E-state index is 12.9. The smallest absolute Gasteiger partial charge is 0.200 e. The summed E-state index contributed by atoms with van der Waals surface area (Å²) in [6.45, 7) is 2.84. The van der Waals surface area contributed by atoms with Gasteiger partial charge in [0, 0.05) is 17.6 Å². The van der Waals surface area contributed by atoms with Gasteiger partial charge < -0.3 is 9.15 Å². The summed E-state index contributed by atoms with van der Waals surface area (Å²) >= 11 is 6.08. The first kappa shape index (κ1) is 16.4. The molecule has 25 heavy (non-hydrogen) atoms. The number of fused-ring (bicyclic) bond motifs is 2. The van der Waals surface area contributed by atoms with E-state index < -0.39 is 0 Å². The Morgan fingerprint density at radius 3 is 2.64 bits per heavy atom. The molecule has 0 unspecified atom stereocenters. The van der Waals surface area contributed by atoms with Crippen LogP contribution in [0.3, 0.4) is 0 Å². The molecule has 0 N–H and O–H groups in total. The van der Waals surface area contributed by atoms with Crippen LogP contribution in [0.4, 0.5) is 0 Å². The first-order valence-electron chi connectivity index (χ1n) is 8.61. The maximum Gasteiger partial charge on any atom is 0.200 e. The first-order valence-corrected chi connectivity index (χ1v) is 8.99. The highest BCUT2D eigenvalue weighted by Gasteiger charge is 2.19. The number of halogens is 1. The van der Waals surface area contributed by atoms with Gasteiger partial charge in [0.2, 0.25) is 5.43 Å². The lowest BCUT2D eigenvalue weighted by atomic mass is 10.0. The van der Waals surface area contributed by atoms with E-state index >= 15 is 0 Å². The molecule has 4 nitrogen and oxygen atoms in total. The Bertz CT molecular complexity index is 990. The van der Waals surface area contributed by atoms with Crippen molar-refractivity contribution in [3.8, 4) is 5.75 Å². The molecule has 130 valence electrons. The Morgan fingerprint density at radius 1 is 1.12 bits per heavy atom. The van der Waals surface area contributed by atoms with Crippen LogP contribution in [-0.2, 0) is 6.54 Å². The summed E-state index contributed by atoms with van der Waals surface area (Å²) in [7, 11) is 1.65. The number of nitrogens with zero attached hydrogens (tertiary/aromatic N) is 1. The third kappa shape index (κ3) is 3.00. The van der Waals surface area contributed by atoms with Crippen molar-refractivity contribution >= 4 is 33.5 Å². The van der Waals surface area contributed by atoms with Gasteiger partial charge in [-0.15, -0.1) is 0 Å². The molecule has 0 aliphatic carbocycles. The molecule has 0 saturated carbocycles. The first-order chi connectivity index (χ1) is 12.2. The van der Waals surface area contributed by atoms with Crippen molar-refractivity contribution in [3.63, 3.8) is 0 Å². The molecule has 1 aliphatic heterocycles. The summed E-state index contributed by atoms with van der Waals surface area (Å²) in [6, 6.07) is 8.78. The Kier molecular flexibility index (Phi) is 4.40. The second-order valence-electron chi connectivity index (χ2n) is 6.53. The topological polar surface area (TPSA) is 42.7 Å². The van der Waals surface area contributed by atoms with Gasteiger partial charge in [-0.2, -0.15) is 0 Å². The minimum atomic E-state index is -0.0320. The molecule has 2 heterocycles. The molecule has 1 saturated heterocycles. The van der Waals surface area contributed by atoms with Crippen LogP contribution in [0.15, 0.2) is 39.5 Å². The van der Waals surface area contributed by atoms with Crippen LogP contribution >= 0.6 is 11.6 Å². The molecule has 0 atom stereocenters. The van der Waals surface area contributed by atoms with Gasteiger partial charge in [-0.25, -0.2) is 0 Å². The lowest BCUT2D eigenvalue weighted by Gasteiger charge is -2.27. The van der Waals surface area contributed by atoms with E-state index in [1.165, 1.54) is 19.3 Å². The Hall–Kier alpha value is -2.04. The van der Waals surface area contributed by atoms with Gasteiger partial charge in [0.05, 0.1) is 23.4 Å². The van der Waals surface area contributed by atoms with Crippen molar-refractivity contribution in [2.75, 3.05) is 20.2 Å². The molecule has 0 bridgehead atoms. The van der Waals surface area contributed by atoms with E-state index in [2.05, 4.69) is 4.90 Å². The van der Waals surface area contributed by atoms with Crippen molar-refractivity contribution < 1.29 is 9.15 Å². The minimum Gasteiger partial charge on any atom is -0.496 e. The highest BCUT2D eigenvalue weighted by atomic mass is 35.5. The van der Waals surface area contributed by atoms with Crippen LogP contribution < -0.4 is 10.2 Å². The lowest BCUT2D eigenvalue weighted by molar-refractivity contribution is 0.218. The number of piperidine rings is 1. The van der Waals surface area contributed by atoms with Crippen LogP contribution in [-0.4, -0.2) is 25.1 Å². The van der Waals surface area contributed by atoms with Crippen LogP contribution in [0, 0.1) is 0 Å². The summed E-state index contributed by atoms with van der Waals surface area (Å²) in [5.41, 5.74) is 2.01. The van der Waals surface area contributed by atoms with E-state index in [4.69, 9.17) is 20.8 Å². The monoisotopic (exact) mass is 357 g/mol. The summed E-state index contributed by atoms with van der Waals surface area (Å²) in [5.74, 6) is 0.752.